The lowest BCUT2D eigenvalue weighted by Gasteiger charge is -2.35. The van der Waals surface area contributed by atoms with Crippen molar-refractivity contribution < 1.29 is 13.9 Å². The van der Waals surface area contributed by atoms with Gasteiger partial charge in [-0.05, 0) is 32.4 Å². The summed E-state index contributed by atoms with van der Waals surface area (Å²) in [4.78, 5) is 2.35. The number of benzene rings is 1. The van der Waals surface area contributed by atoms with Gasteiger partial charge in [0.25, 0.3) is 0 Å². The van der Waals surface area contributed by atoms with Crippen molar-refractivity contribution in [3.05, 3.63) is 29.6 Å². The topological polar surface area (TPSA) is 21.7 Å². The molecule has 0 N–H and O–H groups in total. The highest BCUT2D eigenvalue weighted by molar-refractivity contribution is 5.30. The number of aryl methyl sites for hydroxylation is 1. The first-order chi connectivity index (χ1) is 9.08. The lowest BCUT2D eigenvalue weighted by molar-refractivity contribution is -0.0568. The van der Waals surface area contributed by atoms with Crippen LogP contribution in [0.4, 0.5) is 4.39 Å². The number of ether oxygens (including phenoxy) is 2. The molecule has 1 aliphatic heterocycles. The molecular formula is C15H22FNO2. The average Bonchev–Trinajstić information content (AvgIpc) is 2.41. The summed E-state index contributed by atoms with van der Waals surface area (Å²) in [5.74, 6) is 0.0318. The Morgan fingerprint density at radius 1 is 1.47 bits per heavy atom. The summed E-state index contributed by atoms with van der Waals surface area (Å²) in [5, 5.41) is 0. The van der Waals surface area contributed by atoms with Crippen molar-refractivity contribution in [2.24, 2.45) is 0 Å². The van der Waals surface area contributed by atoms with Gasteiger partial charge in [-0.1, -0.05) is 12.1 Å². The van der Waals surface area contributed by atoms with E-state index in [9.17, 15) is 4.39 Å². The number of hydrogen-bond acceptors (Lipinski definition) is 3. The van der Waals surface area contributed by atoms with Crippen LogP contribution in [0.25, 0.3) is 0 Å². The summed E-state index contributed by atoms with van der Waals surface area (Å²) in [6, 6.07) is 5.70. The maximum absolute atomic E-state index is 13.8. The van der Waals surface area contributed by atoms with Gasteiger partial charge in [-0.3, -0.25) is 4.90 Å². The summed E-state index contributed by atoms with van der Waals surface area (Å²) in [6.45, 7) is 8.97. The quantitative estimate of drug-likeness (QED) is 0.837. The van der Waals surface area contributed by atoms with Gasteiger partial charge < -0.3 is 9.47 Å². The van der Waals surface area contributed by atoms with E-state index in [0.717, 1.165) is 13.1 Å². The van der Waals surface area contributed by atoms with E-state index in [1.165, 1.54) is 0 Å². The molecule has 2 rings (SSSR count). The zero-order valence-corrected chi connectivity index (χ0v) is 11.9. The first kappa shape index (κ1) is 14.3. The van der Waals surface area contributed by atoms with Crippen LogP contribution in [0.1, 0.15) is 19.4 Å². The van der Waals surface area contributed by atoms with Crippen LogP contribution >= 0.6 is 0 Å². The second kappa shape index (κ2) is 6.35. The summed E-state index contributed by atoms with van der Waals surface area (Å²) >= 11 is 0. The van der Waals surface area contributed by atoms with E-state index in [0.29, 0.717) is 30.6 Å². The van der Waals surface area contributed by atoms with Crippen molar-refractivity contribution in [2.45, 2.75) is 32.9 Å². The normalized spacial score (nSPS) is 20.8. The molecule has 3 nitrogen and oxygen atoms in total. The summed E-state index contributed by atoms with van der Waals surface area (Å²) in [6.07, 6.45) is 0.0102. The molecule has 4 heteroatoms. The van der Waals surface area contributed by atoms with E-state index in [2.05, 4.69) is 18.7 Å². The third-order valence-electron chi connectivity index (χ3n) is 3.48. The number of halogens is 1. The molecule has 0 amide bonds. The fourth-order valence-electron chi connectivity index (χ4n) is 2.23. The van der Waals surface area contributed by atoms with Gasteiger partial charge in [-0.25, -0.2) is 4.39 Å². The molecule has 1 fully saturated rings. The third-order valence-corrected chi connectivity index (χ3v) is 3.48. The highest BCUT2D eigenvalue weighted by atomic mass is 19.1. The maximum Gasteiger partial charge on any atom is 0.167 e. The number of rotatable bonds is 4. The largest absolute Gasteiger partial charge is 0.488 e. The molecular weight excluding hydrogens is 245 g/mol. The Morgan fingerprint density at radius 2 is 2.26 bits per heavy atom. The molecule has 1 heterocycles. The molecule has 0 bridgehead atoms. The molecule has 106 valence electrons. The summed E-state index contributed by atoms with van der Waals surface area (Å²) < 4.78 is 25.0. The van der Waals surface area contributed by atoms with Gasteiger partial charge in [0, 0.05) is 19.1 Å². The zero-order chi connectivity index (χ0) is 13.8. The Balaban J connectivity index is 1.90. The summed E-state index contributed by atoms with van der Waals surface area (Å²) in [5.41, 5.74) is 0.603. The van der Waals surface area contributed by atoms with E-state index in [-0.39, 0.29) is 11.9 Å². The molecule has 0 saturated carbocycles. The Kier molecular flexibility index (Phi) is 4.77. The maximum atomic E-state index is 13.8. The predicted octanol–water partition coefficient (Wildman–Crippen LogP) is 2.62. The molecule has 1 aromatic rings. The second-order valence-electron chi connectivity index (χ2n) is 5.28. The van der Waals surface area contributed by atoms with E-state index in [4.69, 9.17) is 9.47 Å². The van der Waals surface area contributed by atoms with Gasteiger partial charge >= 0.3 is 0 Å². The molecule has 0 spiro atoms. The number of morpholine rings is 1. The van der Waals surface area contributed by atoms with Gasteiger partial charge in [0.15, 0.2) is 11.6 Å². The molecule has 1 atom stereocenters. The van der Waals surface area contributed by atoms with Crippen molar-refractivity contribution >= 4 is 0 Å². The third kappa shape index (κ3) is 3.67. The van der Waals surface area contributed by atoms with Crippen molar-refractivity contribution in [1.29, 1.82) is 0 Å². The van der Waals surface area contributed by atoms with Crippen molar-refractivity contribution in [3.8, 4) is 5.75 Å². The molecule has 1 unspecified atom stereocenters. The zero-order valence-electron chi connectivity index (χ0n) is 11.9. The highest BCUT2D eigenvalue weighted by Crippen LogP contribution is 2.20. The fourth-order valence-corrected chi connectivity index (χ4v) is 2.23. The van der Waals surface area contributed by atoms with Crippen LogP contribution in [0.15, 0.2) is 18.2 Å². The minimum atomic E-state index is -0.279. The Bertz CT molecular complexity index is 423. The van der Waals surface area contributed by atoms with Crippen LogP contribution in [0.3, 0.4) is 0 Å². The Hall–Kier alpha value is -1.13. The second-order valence-corrected chi connectivity index (χ2v) is 5.28. The SMILES string of the molecule is Cc1cccc(OCC2CN(C(C)C)CCO2)c1F. The van der Waals surface area contributed by atoms with Crippen LogP contribution < -0.4 is 4.74 Å². The molecule has 1 saturated heterocycles. The van der Waals surface area contributed by atoms with Crippen LogP contribution in [0.5, 0.6) is 5.75 Å². The number of nitrogens with zero attached hydrogens (tertiary/aromatic N) is 1. The van der Waals surface area contributed by atoms with Gasteiger partial charge in [0.1, 0.15) is 12.7 Å². The Labute approximate surface area is 114 Å². The molecule has 0 aliphatic carbocycles. The Morgan fingerprint density at radius 3 is 3.00 bits per heavy atom. The van der Waals surface area contributed by atoms with Crippen LogP contribution in [0.2, 0.25) is 0 Å². The molecule has 1 aliphatic rings. The van der Waals surface area contributed by atoms with Crippen molar-refractivity contribution in [2.75, 3.05) is 26.3 Å². The van der Waals surface area contributed by atoms with Crippen LogP contribution in [0, 0.1) is 12.7 Å². The standard InChI is InChI=1S/C15H22FNO2/c1-11(2)17-7-8-18-13(9-17)10-19-14-6-4-5-12(3)15(14)16/h4-6,11,13H,7-10H2,1-3H3. The average molecular weight is 267 g/mol. The van der Waals surface area contributed by atoms with Gasteiger partial charge in [0.2, 0.25) is 0 Å². The van der Waals surface area contributed by atoms with E-state index in [1.54, 1.807) is 25.1 Å². The first-order valence-corrected chi connectivity index (χ1v) is 6.81. The van der Waals surface area contributed by atoms with E-state index in [1.807, 2.05) is 0 Å². The van der Waals surface area contributed by atoms with E-state index < -0.39 is 0 Å². The summed E-state index contributed by atoms with van der Waals surface area (Å²) in [7, 11) is 0. The van der Waals surface area contributed by atoms with E-state index >= 15 is 0 Å². The lowest BCUT2D eigenvalue weighted by atomic mass is 10.2. The van der Waals surface area contributed by atoms with Crippen molar-refractivity contribution in [1.82, 2.24) is 4.90 Å². The number of hydrogen-bond donors (Lipinski definition) is 0. The van der Waals surface area contributed by atoms with Gasteiger partial charge in [0.05, 0.1) is 6.61 Å². The lowest BCUT2D eigenvalue weighted by Crippen LogP contribution is -2.47. The molecule has 0 radical (unpaired) electrons. The molecule has 19 heavy (non-hydrogen) atoms. The minimum Gasteiger partial charge on any atom is -0.488 e. The molecule has 1 aromatic carbocycles. The van der Waals surface area contributed by atoms with Crippen molar-refractivity contribution in [3.63, 3.8) is 0 Å². The highest BCUT2D eigenvalue weighted by Gasteiger charge is 2.23. The smallest absolute Gasteiger partial charge is 0.167 e. The van der Waals surface area contributed by atoms with Gasteiger partial charge in [-0.2, -0.15) is 0 Å². The monoisotopic (exact) mass is 267 g/mol. The predicted molar refractivity (Wildman–Crippen MR) is 73.1 cm³/mol. The van der Waals surface area contributed by atoms with Crippen LogP contribution in [-0.4, -0.2) is 43.3 Å². The first-order valence-electron chi connectivity index (χ1n) is 6.81. The molecule has 0 aromatic heterocycles. The minimum absolute atomic E-state index is 0.0102. The van der Waals surface area contributed by atoms with Crippen LogP contribution in [-0.2, 0) is 4.74 Å². The fraction of sp³-hybridized carbons (Fsp3) is 0.600. The van der Waals surface area contributed by atoms with Gasteiger partial charge in [-0.15, -0.1) is 0 Å².